The molecule has 5 aromatic carbocycles. The standard InChI is InChI=1S/C36H22N2OS/c1-2-10-23(11-3-1)24-13-8-14-25(20-24)30-22-31(33-21-26-12-4-6-18-32(26)39-33)38-36(37-30)29-17-9-16-28-27-15-5-7-19-34(27)40-35(28)29/h1-22H. The van der Waals surface area contributed by atoms with Crippen molar-refractivity contribution < 1.29 is 4.42 Å². The van der Waals surface area contributed by atoms with Gasteiger partial charge in [0.1, 0.15) is 11.3 Å². The molecule has 0 saturated heterocycles. The minimum atomic E-state index is 0.690. The second kappa shape index (κ2) is 9.30. The van der Waals surface area contributed by atoms with E-state index in [1.165, 1.54) is 25.7 Å². The van der Waals surface area contributed by atoms with Crippen LogP contribution in [0.3, 0.4) is 0 Å². The number of thiophene rings is 1. The van der Waals surface area contributed by atoms with Gasteiger partial charge in [-0.25, -0.2) is 9.97 Å². The average molecular weight is 531 g/mol. The first-order chi connectivity index (χ1) is 19.8. The molecule has 3 heterocycles. The molecule has 3 aromatic heterocycles. The van der Waals surface area contributed by atoms with Crippen LogP contribution in [0.5, 0.6) is 0 Å². The summed E-state index contributed by atoms with van der Waals surface area (Å²) in [6.07, 6.45) is 0. The summed E-state index contributed by atoms with van der Waals surface area (Å²) >= 11 is 1.79. The van der Waals surface area contributed by atoms with Gasteiger partial charge >= 0.3 is 0 Å². The Kier molecular flexibility index (Phi) is 5.32. The van der Waals surface area contributed by atoms with Crippen molar-refractivity contribution in [3.63, 3.8) is 0 Å². The fraction of sp³-hybridized carbons (Fsp3) is 0. The second-order valence-electron chi connectivity index (χ2n) is 9.84. The molecule has 0 aliphatic rings. The summed E-state index contributed by atoms with van der Waals surface area (Å²) in [6.45, 7) is 0. The number of furan rings is 1. The number of para-hydroxylation sites is 1. The van der Waals surface area contributed by atoms with E-state index in [9.17, 15) is 0 Å². The number of hydrogen-bond donors (Lipinski definition) is 0. The smallest absolute Gasteiger partial charge is 0.161 e. The molecule has 8 aromatic rings. The van der Waals surface area contributed by atoms with Gasteiger partial charge in [0.2, 0.25) is 0 Å². The Bertz CT molecular complexity index is 2140. The number of nitrogens with zero attached hydrogens (tertiary/aromatic N) is 2. The zero-order valence-corrected chi connectivity index (χ0v) is 22.2. The zero-order valence-electron chi connectivity index (χ0n) is 21.4. The summed E-state index contributed by atoms with van der Waals surface area (Å²) < 4.78 is 8.72. The van der Waals surface area contributed by atoms with Crippen LogP contribution in [-0.4, -0.2) is 9.97 Å². The predicted molar refractivity (Wildman–Crippen MR) is 166 cm³/mol. The summed E-state index contributed by atoms with van der Waals surface area (Å²) in [6, 6.07) is 46.1. The van der Waals surface area contributed by atoms with Gasteiger partial charge < -0.3 is 4.42 Å². The molecule has 0 saturated carbocycles. The molecule has 8 rings (SSSR count). The van der Waals surface area contributed by atoms with E-state index in [0.29, 0.717) is 5.82 Å². The van der Waals surface area contributed by atoms with Crippen LogP contribution in [0.15, 0.2) is 138 Å². The highest BCUT2D eigenvalue weighted by Crippen LogP contribution is 2.40. The molecule has 0 amide bonds. The Labute approximate surface area is 235 Å². The van der Waals surface area contributed by atoms with Gasteiger partial charge in [-0.1, -0.05) is 97.1 Å². The minimum absolute atomic E-state index is 0.690. The Hall–Kier alpha value is -5.06. The molecule has 0 aliphatic carbocycles. The highest BCUT2D eigenvalue weighted by Gasteiger charge is 2.17. The molecular weight excluding hydrogens is 508 g/mol. The van der Waals surface area contributed by atoms with E-state index in [2.05, 4.69) is 103 Å². The lowest BCUT2D eigenvalue weighted by molar-refractivity contribution is 0.628. The van der Waals surface area contributed by atoms with Crippen LogP contribution in [0.25, 0.3) is 76.4 Å². The van der Waals surface area contributed by atoms with Crippen molar-refractivity contribution in [2.45, 2.75) is 0 Å². The monoisotopic (exact) mass is 530 g/mol. The second-order valence-corrected chi connectivity index (χ2v) is 10.9. The molecule has 188 valence electrons. The predicted octanol–water partition coefficient (Wildman–Crippen LogP) is 10.3. The van der Waals surface area contributed by atoms with Crippen molar-refractivity contribution in [2.75, 3.05) is 0 Å². The van der Waals surface area contributed by atoms with Gasteiger partial charge in [0.15, 0.2) is 11.6 Å². The number of aromatic nitrogens is 2. The van der Waals surface area contributed by atoms with Gasteiger partial charge in [0.25, 0.3) is 0 Å². The van der Waals surface area contributed by atoms with Gasteiger partial charge in [0.05, 0.1) is 5.69 Å². The van der Waals surface area contributed by atoms with E-state index < -0.39 is 0 Å². The maximum Gasteiger partial charge on any atom is 0.161 e. The van der Waals surface area contributed by atoms with Crippen molar-refractivity contribution in [1.82, 2.24) is 9.97 Å². The van der Waals surface area contributed by atoms with Crippen LogP contribution < -0.4 is 0 Å². The van der Waals surface area contributed by atoms with Gasteiger partial charge in [-0.05, 0) is 47.5 Å². The lowest BCUT2D eigenvalue weighted by Crippen LogP contribution is -1.96. The first-order valence-electron chi connectivity index (χ1n) is 13.2. The van der Waals surface area contributed by atoms with Crippen molar-refractivity contribution in [2.24, 2.45) is 0 Å². The third kappa shape index (κ3) is 3.89. The largest absolute Gasteiger partial charge is 0.454 e. The molecule has 3 nitrogen and oxygen atoms in total. The van der Waals surface area contributed by atoms with Crippen LogP contribution in [0.4, 0.5) is 0 Å². The van der Waals surface area contributed by atoms with Crippen LogP contribution >= 0.6 is 11.3 Å². The quantitative estimate of drug-likeness (QED) is 0.227. The molecule has 0 spiro atoms. The number of hydrogen-bond acceptors (Lipinski definition) is 4. The van der Waals surface area contributed by atoms with Gasteiger partial charge in [-0.2, -0.15) is 0 Å². The summed E-state index contributed by atoms with van der Waals surface area (Å²) in [7, 11) is 0. The molecule has 0 N–H and O–H groups in total. The molecule has 0 fully saturated rings. The summed E-state index contributed by atoms with van der Waals surface area (Å²) in [4.78, 5) is 10.3. The molecule has 0 radical (unpaired) electrons. The summed E-state index contributed by atoms with van der Waals surface area (Å²) in [5, 5.41) is 3.54. The number of benzene rings is 5. The minimum Gasteiger partial charge on any atom is -0.454 e. The Morgan fingerprint density at radius 1 is 0.525 bits per heavy atom. The SMILES string of the molecule is c1ccc(-c2cccc(-c3cc(-c4cc5ccccc5o4)nc(-c4cccc5c4sc4ccccc45)n3)c2)cc1. The Morgan fingerprint density at radius 2 is 1.25 bits per heavy atom. The van der Waals surface area contributed by atoms with E-state index in [1.54, 1.807) is 11.3 Å². The van der Waals surface area contributed by atoms with Gasteiger partial charge in [-0.3, -0.25) is 0 Å². The highest BCUT2D eigenvalue weighted by atomic mass is 32.1. The molecular formula is C36H22N2OS. The fourth-order valence-electron chi connectivity index (χ4n) is 5.36. The summed E-state index contributed by atoms with van der Waals surface area (Å²) in [5.74, 6) is 1.42. The number of rotatable bonds is 4. The van der Waals surface area contributed by atoms with Gasteiger partial charge in [-0.15, -0.1) is 11.3 Å². The highest BCUT2D eigenvalue weighted by molar-refractivity contribution is 7.26. The Morgan fingerprint density at radius 3 is 2.17 bits per heavy atom. The van der Waals surface area contributed by atoms with E-state index in [1.807, 2.05) is 30.3 Å². The zero-order chi connectivity index (χ0) is 26.5. The lowest BCUT2D eigenvalue weighted by Gasteiger charge is -2.10. The lowest BCUT2D eigenvalue weighted by atomic mass is 10.0. The van der Waals surface area contributed by atoms with Crippen LogP contribution in [-0.2, 0) is 0 Å². The third-order valence-corrected chi connectivity index (χ3v) is 8.53. The van der Waals surface area contributed by atoms with Crippen LogP contribution in [0, 0.1) is 0 Å². The van der Waals surface area contributed by atoms with E-state index in [-0.39, 0.29) is 0 Å². The maximum absolute atomic E-state index is 6.28. The maximum atomic E-state index is 6.28. The third-order valence-electron chi connectivity index (χ3n) is 7.31. The first-order valence-corrected chi connectivity index (χ1v) is 14.1. The van der Waals surface area contributed by atoms with Crippen LogP contribution in [0.2, 0.25) is 0 Å². The van der Waals surface area contributed by atoms with E-state index in [0.717, 1.165) is 44.8 Å². The van der Waals surface area contributed by atoms with Gasteiger partial charge in [0, 0.05) is 36.7 Å². The van der Waals surface area contributed by atoms with Crippen molar-refractivity contribution in [1.29, 1.82) is 0 Å². The molecule has 4 heteroatoms. The topological polar surface area (TPSA) is 38.9 Å². The Balaban J connectivity index is 1.36. The fourth-order valence-corrected chi connectivity index (χ4v) is 6.57. The molecule has 40 heavy (non-hydrogen) atoms. The first kappa shape index (κ1) is 22.9. The molecule has 0 atom stereocenters. The van der Waals surface area contributed by atoms with Crippen molar-refractivity contribution in [3.8, 4) is 45.2 Å². The van der Waals surface area contributed by atoms with Crippen molar-refractivity contribution >= 4 is 42.5 Å². The van der Waals surface area contributed by atoms with E-state index >= 15 is 0 Å². The molecule has 0 bridgehead atoms. The molecule has 0 unspecified atom stereocenters. The average Bonchev–Trinajstić information content (AvgIpc) is 3.63. The molecule has 0 aliphatic heterocycles. The van der Waals surface area contributed by atoms with Crippen LogP contribution in [0.1, 0.15) is 0 Å². The van der Waals surface area contributed by atoms with E-state index in [4.69, 9.17) is 14.4 Å². The number of fused-ring (bicyclic) bond motifs is 4. The normalized spacial score (nSPS) is 11.5. The van der Waals surface area contributed by atoms with Crippen molar-refractivity contribution in [3.05, 3.63) is 133 Å². The summed E-state index contributed by atoms with van der Waals surface area (Å²) in [5.41, 5.74) is 6.84.